The number of aromatic nitrogens is 3. The Balaban J connectivity index is 1.74. The number of benzene rings is 1. The van der Waals surface area contributed by atoms with E-state index in [-0.39, 0.29) is 11.9 Å². The normalized spacial score (nSPS) is 19.1. The Hall–Kier alpha value is -2.87. The molecule has 1 aromatic carbocycles. The summed E-state index contributed by atoms with van der Waals surface area (Å²) in [5.41, 5.74) is 1.81. The van der Waals surface area contributed by atoms with E-state index in [1.807, 2.05) is 12.1 Å². The molecule has 0 radical (unpaired) electrons. The number of allylic oxidation sites excluding steroid dienone is 1. The average Bonchev–Trinajstić information content (AvgIpc) is 3.17. The second kappa shape index (κ2) is 8.47. The number of esters is 2. The van der Waals surface area contributed by atoms with Crippen LogP contribution in [0.2, 0.25) is 5.02 Å². The van der Waals surface area contributed by atoms with Gasteiger partial charge >= 0.3 is 11.9 Å². The third-order valence-electron chi connectivity index (χ3n) is 5.45. The van der Waals surface area contributed by atoms with E-state index in [4.69, 9.17) is 21.1 Å². The number of fused-ring (bicyclic) bond motifs is 1. The van der Waals surface area contributed by atoms with Crippen LogP contribution in [0.1, 0.15) is 61.3 Å². The fourth-order valence-corrected chi connectivity index (χ4v) is 4.07. The number of ether oxygens (including phenoxy) is 2. The fourth-order valence-electron chi connectivity index (χ4n) is 3.94. The van der Waals surface area contributed by atoms with Crippen LogP contribution in [0.4, 0.5) is 5.95 Å². The molecule has 1 atom stereocenters. The SMILES string of the molecule is COC(=O)c1nc2n(n1)C(c1ccc(Cl)cc1)C(C(=O)OC1CCCCC1)=C(C)N2. The minimum absolute atomic E-state index is 0.0832. The molecule has 2 heterocycles. The molecule has 1 saturated carbocycles. The summed E-state index contributed by atoms with van der Waals surface area (Å²) in [6.07, 6.45) is 4.95. The van der Waals surface area contributed by atoms with Crippen molar-refractivity contribution in [3.05, 3.63) is 51.9 Å². The van der Waals surface area contributed by atoms with Crippen LogP contribution in [0.5, 0.6) is 0 Å². The summed E-state index contributed by atoms with van der Waals surface area (Å²) >= 11 is 6.06. The summed E-state index contributed by atoms with van der Waals surface area (Å²) in [6, 6.07) is 6.53. The molecule has 1 aliphatic carbocycles. The lowest BCUT2D eigenvalue weighted by atomic mass is 9.95. The minimum atomic E-state index is -0.655. The van der Waals surface area contributed by atoms with Crippen LogP contribution in [0.25, 0.3) is 0 Å². The summed E-state index contributed by atoms with van der Waals surface area (Å²) < 4.78 is 12.1. The number of nitrogens with zero attached hydrogens (tertiary/aromatic N) is 3. The number of hydrogen-bond acceptors (Lipinski definition) is 7. The molecule has 158 valence electrons. The first-order chi connectivity index (χ1) is 14.5. The number of methoxy groups -OCH3 is 1. The highest BCUT2D eigenvalue weighted by molar-refractivity contribution is 6.30. The van der Waals surface area contributed by atoms with Crippen LogP contribution < -0.4 is 5.32 Å². The fraction of sp³-hybridized carbons (Fsp3) is 0.429. The van der Waals surface area contributed by atoms with Crippen molar-refractivity contribution in [2.75, 3.05) is 12.4 Å². The average molecular weight is 431 g/mol. The van der Waals surface area contributed by atoms with Gasteiger partial charge in [0.05, 0.1) is 12.7 Å². The zero-order chi connectivity index (χ0) is 21.3. The molecule has 1 N–H and O–H groups in total. The maximum Gasteiger partial charge on any atom is 0.378 e. The molecular weight excluding hydrogens is 408 g/mol. The molecule has 0 bridgehead atoms. The molecule has 2 aliphatic rings. The van der Waals surface area contributed by atoms with Gasteiger partial charge in [0, 0.05) is 10.7 Å². The third-order valence-corrected chi connectivity index (χ3v) is 5.70. The smallest absolute Gasteiger partial charge is 0.378 e. The van der Waals surface area contributed by atoms with E-state index in [1.165, 1.54) is 18.2 Å². The number of carbonyl (C=O) groups excluding carboxylic acids is 2. The number of rotatable bonds is 4. The van der Waals surface area contributed by atoms with E-state index in [0.29, 0.717) is 22.2 Å². The van der Waals surface area contributed by atoms with Gasteiger partial charge in [-0.15, -0.1) is 5.10 Å². The zero-order valence-electron chi connectivity index (χ0n) is 16.9. The van der Waals surface area contributed by atoms with E-state index >= 15 is 0 Å². The van der Waals surface area contributed by atoms with Crippen LogP contribution in [0.15, 0.2) is 35.5 Å². The van der Waals surface area contributed by atoms with Crippen molar-refractivity contribution in [1.82, 2.24) is 14.8 Å². The molecule has 1 fully saturated rings. The quantitative estimate of drug-likeness (QED) is 0.735. The zero-order valence-corrected chi connectivity index (χ0v) is 17.6. The highest BCUT2D eigenvalue weighted by Gasteiger charge is 2.37. The maximum absolute atomic E-state index is 13.2. The van der Waals surface area contributed by atoms with Crippen LogP contribution >= 0.6 is 11.6 Å². The van der Waals surface area contributed by atoms with E-state index < -0.39 is 18.0 Å². The second-order valence-corrected chi connectivity index (χ2v) is 7.91. The molecule has 1 unspecified atom stereocenters. The van der Waals surface area contributed by atoms with Crippen LogP contribution in [0.3, 0.4) is 0 Å². The summed E-state index contributed by atoms with van der Waals surface area (Å²) in [4.78, 5) is 29.4. The molecule has 30 heavy (non-hydrogen) atoms. The van der Waals surface area contributed by atoms with Crippen molar-refractivity contribution < 1.29 is 19.1 Å². The Morgan fingerprint density at radius 3 is 2.50 bits per heavy atom. The van der Waals surface area contributed by atoms with Gasteiger partial charge in [0.25, 0.3) is 5.82 Å². The Labute approximate surface area is 179 Å². The second-order valence-electron chi connectivity index (χ2n) is 7.48. The number of anilines is 1. The largest absolute Gasteiger partial charge is 0.463 e. The first kappa shape index (κ1) is 20.4. The van der Waals surface area contributed by atoms with Gasteiger partial charge in [-0.25, -0.2) is 14.3 Å². The number of hydrogen-bond donors (Lipinski definition) is 1. The van der Waals surface area contributed by atoms with E-state index in [2.05, 4.69) is 15.4 Å². The molecule has 4 rings (SSSR count). The molecule has 9 heteroatoms. The van der Waals surface area contributed by atoms with Crippen LogP contribution in [-0.4, -0.2) is 39.9 Å². The summed E-state index contributed by atoms with van der Waals surface area (Å²) in [6.45, 7) is 1.79. The topological polar surface area (TPSA) is 95.3 Å². The molecule has 0 saturated heterocycles. The van der Waals surface area contributed by atoms with E-state index in [1.54, 1.807) is 19.1 Å². The first-order valence-electron chi connectivity index (χ1n) is 9.97. The summed E-state index contributed by atoms with van der Waals surface area (Å²) in [5, 5.41) is 7.96. The number of carbonyl (C=O) groups is 2. The Kier molecular flexibility index (Phi) is 5.76. The Morgan fingerprint density at radius 2 is 1.83 bits per heavy atom. The molecule has 1 aliphatic heterocycles. The maximum atomic E-state index is 13.2. The Bertz CT molecular complexity index is 993. The predicted octanol–water partition coefficient (Wildman–Crippen LogP) is 3.88. The van der Waals surface area contributed by atoms with Gasteiger partial charge in [-0.05, 0) is 50.3 Å². The predicted molar refractivity (Wildman–Crippen MR) is 110 cm³/mol. The van der Waals surface area contributed by atoms with Crippen molar-refractivity contribution in [3.8, 4) is 0 Å². The molecular formula is C21H23ClN4O4. The van der Waals surface area contributed by atoms with Gasteiger partial charge in [-0.2, -0.15) is 4.98 Å². The van der Waals surface area contributed by atoms with Crippen LogP contribution in [0, 0.1) is 0 Å². The van der Waals surface area contributed by atoms with E-state index in [0.717, 1.165) is 31.2 Å². The highest BCUT2D eigenvalue weighted by atomic mass is 35.5. The molecule has 0 spiro atoms. The van der Waals surface area contributed by atoms with Gasteiger partial charge in [0.1, 0.15) is 12.1 Å². The molecule has 1 aromatic heterocycles. The number of nitrogens with one attached hydrogen (secondary N) is 1. The van der Waals surface area contributed by atoms with Crippen molar-refractivity contribution in [1.29, 1.82) is 0 Å². The molecule has 8 nitrogen and oxygen atoms in total. The van der Waals surface area contributed by atoms with E-state index in [9.17, 15) is 9.59 Å². The molecule has 0 amide bonds. The third kappa shape index (κ3) is 3.92. The van der Waals surface area contributed by atoms with Crippen molar-refractivity contribution in [3.63, 3.8) is 0 Å². The van der Waals surface area contributed by atoms with Crippen molar-refractivity contribution in [2.45, 2.75) is 51.2 Å². The first-order valence-corrected chi connectivity index (χ1v) is 10.3. The highest BCUT2D eigenvalue weighted by Crippen LogP contribution is 2.37. The van der Waals surface area contributed by atoms with Gasteiger partial charge in [0.15, 0.2) is 0 Å². The standard InChI is InChI=1S/C21H23ClN4O4/c1-12-16(19(27)30-15-6-4-3-5-7-15)17(13-8-10-14(22)11-9-13)26-21(23-12)24-18(25-26)20(28)29-2/h8-11,15,17H,3-7H2,1-2H3,(H,23,24,25). The van der Waals surface area contributed by atoms with Crippen molar-refractivity contribution >= 4 is 29.5 Å². The lowest BCUT2D eigenvalue weighted by molar-refractivity contribution is -0.146. The van der Waals surface area contributed by atoms with Crippen LogP contribution in [-0.2, 0) is 14.3 Å². The van der Waals surface area contributed by atoms with Gasteiger partial charge < -0.3 is 14.8 Å². The monoisotopic (exact) mass is 430 g/mol. The van der Waals surface area contributed by atoms with Crippen molar-refractivity contribution in [2.24, 2.45) is 0 Å². The minimum Gasteiger partial charge on any atom is -0.463 e. The number of halogens is 1. The Morgan fingerprint density at radius 1 is 1.13 bits per heavy atom. The molecule has 2 aromatic rings. The van der Waals surface area contributed by atoms with Gasteiger partial charge in [-0.3, -0.25) is 0 Å². The lowest BCUT2D eigenvalue weighted by Crippen LogP contribution is -2.32. The van der Waals surface area contributed by atoms with Gasteiger partial charge in [0.2, 0.25) is 5.95 Å². The van der Waals surface area contributed by atoms with Gasteiger partial charge in [-0.1, -0.05) is 30.2 Å². The summed E-state index contributed by atoms with van der Waals surface area (Å²) in [7, 11) is 1.27. The summed E-state index contributed by atoms with van der Waals surface area (Å²) in [5.74, 6) is -0.791. The lowest BCUT2D eigenvalue weighted by Gasteiger charge is -2.30.